The molecule has 0 atom stereocenters. The number of para-hydroxylation sites is 2. The van der Waals surface area contributed by atoms with Crippen molar-refractivity contribution in [2.75, 3.05) is 31.5 Å². The van der Waals surface area contributed by atoms with Gasteiger partial charge in [0, 0.05) is 38.4 Å². The molecule has 7 nitrogen and oxygen atoms in total. The summed E-state index contributed by atoms with van der Waals surface area (Å²) in [5.74, 6) is 0.910. The fraction of sp³-hybridized carbons (Fsp3) is 0.381. The Hall–Kier alpha value is -2.93. The van der Waals surface area contributed by atoms with Crippen LogP contribution in [0.25, 0.3) is 11.0 Å². The summed E-state index contributed by atoms with van der Waals surface area (Å²) in [6, 6.07) is 14.6. The van der Waals surface area contributed by atoms with Crippen molar-refractivity contribution < 1.29 is 4.79 Å². The van der Waals surface area contributed by atoms with Gasteiger partial charge in [0.05, 0.1) is 23.3 Å². The van der Waals surface area contributed by atoms with Crippen molar-refractivity contribution in [2.24, 2.45) is 0 Å². The smallest absolute Gasteiger partial charge is 0.207 e. The molecule has 2 aromatic heterocycles. The zero-order valence-electron chi connectivity index (χ0n) is 15.9. The van der Waals surface area contributed by atoms with E-state index in [-0.39, 0.29) is 0 Å². The average molecular weight is 378 g/mol. The molecular formula is C21H26N6O. The molecule has 0 bridgehead atoms. The zero-order chi connectivity index (χ0) is 19.2. The molecule has 146 valence electrons. The lowest BCUT2D eigenvalue weighted by molar-refractivity contribution is -0.109. The van der Waals surface area contributed by atoms with Crippen LogP contribution in [0.5, 0.6) is 0 Å². The van der Waals surface area contributed by atoms with Crippen molar-refractivity contribution in [3.8, 4) is 0 Å². The molecule has 0 unspecified atom stereocenters. The number of hydrogen-bond acceptors (Lipinski definition) is 5. The highest BCUT2D eigenvalue weighted by molar-refractivity contribution is 5.78. The fourth-order valence-electron chi connectivity index (χ4n) is 3.76. The van der Waals surface area contributed by atoms with Gasteiger partial charge < -0.3 is 20.1 Å². The van der Waals surface area contributed by atoms with Crippen LogP contribution in [-0.2, 0) is 11.3 Å². The Labute approximate surface area is 164 Å². The minimum atomic E-state index is 0.398. The molecule has 4 rings (SSSR count). The van der Waals surface area contributed by atoms with E-state index in [2.05, 4.69) is 43.3 Å². The quantitative estimate of drug-likeness (QED) is 0.464. The monoisotopic (exact) mass is 378 g/mol. The Morgan fingerprint density at radius 3 is 2.71 bits per heavy atom. The summed E-state index contributed by atoms with van der Waals surface area (Å²) in [6.45, 7) is 4.36. The predicted molar refractivity (Wildman–Crippen MR) is 110 cm³/mol. The van der Waals surface area contributed by atoms with E-state index in [1.807, 2.05) is 30.5 Å². The van der Waals surface area contributed by atoms with Crippen molar-refractivity contribution in [3.05, 3.63) is 54.4 Å². The first-order chi connectivity index (χ1) is 13.8. The standard InChI is InChI=1S/C21H26N6O/c28-16-22-11-14-26-12-8-17(9-13-26)24-21-25-19-6-1-2-7-20(19)27(21)15-18-5-3-4-10-23-18/h1-7,10,16-17H,8-9,11-15H2,(H,22,28)(H,24,25). The normalized spacial score (nSPS) is 15.6. The van der Waals surface area contributed by atoms with E-state index in [0.29, 0.717) is 19.1 Å². The number of piperidine rings is 1. The van der Waals surface area contributed by atoms with Crippen LogP contribution in [-0.4, -0.2) is 58.1 Å². The van der Waals surface area contributed by atoms with Gasteiger partial charge in [-0.05, 0) is 37.1 Å². The van der Waals surface area contributed by atoms with Gasteiger partial charge in [-0.15, -0.1) is 0 Å². The highest BCUT2D eigenvalue weighted by atomic mass is 16.1. The molecular weight excluding hydrogens is 352 g/mol. The van der Waals surface area contributed by atoms with Gasteiger partial charge in [0.15, 0.2) is 0 Å². The van der Waals surface area contributed by atoms with E-state index in [4.69, 9.17) is 4.98 Å². The van der Waals surface area contributed by atoms with Crippen molar-refractivity contribution in [1.29, 1.82) is 0 Å². The first kappa shape index (κ1) is 18.4. The number of carbonyl (C=O) groups excluding carboxylic acids is 1. The number of rotatable bonds is 8. The summed E-state index contributed by atoms with van der Waals surface area (Å²) in [5.41, 5.74) is 3.14. The Bertz CT molecular complexity index is 902. The summed E-state index contributed by atoms with van der Waals surface area (Å²) in [7, 11) is 0. The SMILES string of the molecule is O=CNCCN1CCC(Nc2nc3ccccc3n2Cc2ccccn2)CC1. The highest BCUT2D eigenvalue weighted by Crippen LogP contribution is 2.23. The topological polar surface area (TPSA) is 75.1 Å². The van der Waals surface area contributed by atoms with E-state index < -0.39 is 0 Å². The minimum Gasteiger partial charge on any atom is -0.357 e. The number of likely N-dealkylation sites (tertiary alicyclic amines) is 1. The molecule has 1 saturated heterocycles. The Balaban J connectivity index is 1.46. The lowest BCUT2D eigenvalue weighted by Crippen LogP contribution is -2.42. The van der Waals surface area contributed by atoms with Crippen molar-refractivity contribution in [3.63, 3.8) is 0 Å². The van der Waals surface area contributed by atoms with Crippen LogP contribution < -0.4 is 10.6 Å². The number of imidazole rings is 1. The number of nitrogens with one attached hydrogen (secondary N) is 2. The second-order valence-electron chi connectivity index (χ2n) is 7.16. The summed E-state index contributed by atoms with van der Waals surface area (Å²) in [6.07, 6.45) is 4.72. The molecule has 3 aromatic rings. The van der Waals surface area contributed by atoms with Crippen LogP contribution in [0.15, 0.2) is 48.7 Å². The van der Waals surface area contributed by atoms with E-state index >= 15 is 0 Å². The molecule has 28 heavy (non-hydrogen) atoms. The lowest BCUT2D eigenvalue weighted by Gasteiger charge is -2.32. The van der Waals surface area contributed by atoms with Gasteiger partial charge in [0.1, 0.15) is 0 Å². The van der Waals surface area contributed by atoms with E-state index in [1.54, 1.807) is 0 Å². The number of amides is 1. The lowest BCUT2D eigenvalue weighted by atomic mass is 10.1. The van der Waals surface area contributed by atoms with Crippen LogP contribution in [0, 0.1) is 0 Å². The maximum Gasteiger partial charge on any atom is 0.207 e. The van der Waals surface area contributed by atoms with E-state index in [0.717, 1.165) is 61.6 Å². The first-order valence-electron chi connectivity index (χ1n) is 9.84. The molecule has 1 aromatic carbocycles. The van der Waals surface area contributed by atoms with E-state index in [1.165, 1.54) is 0 Å². The first-order valence-corrected chi connectivity index (χ1v) is 9.84. The summed E-state index contributed by atoms with van der Waals surface area (Å²) < 4.78 is 2.22. The van der Waals surface area contributed by atoms with E-state index in [9.17, 15) is 4.79 Å². The molecule has 7 heteroatoms. The fourth-order valence-corrected chi connectivity index (χ4v) is 3.76. The van der Waals surface area contributed by atoms with Gasteiger partial charge in [-0.3, -0.25) is 9.78 Å². The molecule has 2 N–H and O–H groups in total. The van der Waals surface area contributed by atoms with Crippen LogP contribution in [0.2, 0.25) is 0 Å². The van der Waals surface area contributed by atoms with Crippen LogP contribution in [0.1, 0.15) is 18.5 Å². The third-order valence-corrected chi connectivity index (χ3v) is 5.28. The average Bonchev–Trinajstić information content (AvgIpc) is 3.07. The minimum absolute atomic E-state index is 0.398. The number of benzene rings is 1. The van der Waals surface area contributed by atoms with Gasteiger partial charge >= 0.3 is 0 Å². The van der Waals surface area contributed by atoms with Crippen molar-refractivity contribution in [1.82, 2.24) is 24.8 Å². The molecule has 1 fully saturated rings. The molecule has 1 aliphatic heterocycles. The zero-order valence-corrected chi connectivity index (χ0v) is 15.9. The summed E-state index contributed by atoms with van der Waals surface area (Å²) >= 11 is 0. The number of carbonyl (C=O) groups is 1. The summed E-state index contributed by atoms with van der Waals surface area (Å²) in [4.78, 5) is 22.1. The maximum atomic E-state index is 10.4. The third-order valence-electron chi connectivity index (χ3n) is 5.28. The maximum absolute atomic E-state index is 10.4. The second kappa shape index (κ2) is 8.84. The largest absolute Gasteiger partial charge is 0.357 e. The van der Waals surface area contributed by atoms with Gasteiger partial charge in [0.25, 0.3) is 0 Å². The third kappa shape index (κ3) is 4.31. The Kier molecular flexibility index (Phi) is 5.82. The number of aromatic nitrogens is 3. The van der Waals surface area contributed by atoms with Gasteiger partial charge in [-0.1, -0.05) is 18.2 Å². The molecule has 1 aliphatic rings. The molecule has 0 radical (unpaired) electrons. The van der Waals surface area contributed by atoms with Crippen LogP contribution in [0.4, 0.5) is 5.95 Å². The number of nitrogens with zero attached hydrogens (tertiary/aromatic N) is 4. The molecule has 0 aliphatic carbocycles. The number of hydrogen-bond donors (Lipinski definition) is 2. The molecule has 3 heterocycles. The van der Waals surface area contributed by atoms with Crippen molar-refractivity contribution >= 4 is 23.4 Å². The summed E-state index contributed by atoms with van der Waals surface area (Å²) in [5, 5.41) is 6.41. The predicted octanol–water partition coefficient (Wildman–Crippen LogP) is 2.10. The van der Waals surface area contributed by atoms with Crippen molar-refractivity contribution in [2.45, 2.75) is 25.4 Å². The Morgan fingerprint density at radius 1 is 1.11 bits per heavy atom. The molecule has 0 saturated carbocycles. The van der Waals surface area contributed by atoms with Crippen LogP contribution >= 0.6 is 0 Å². The van der Waals surface area contributed by atoms with Gasteiger partial charge in [0.2, 0.25) is 12.4 Å². The van der Waals surface area contributed by atoms with Gasteiger partial charge in [-0.2, -0.15) is 0 Å². The Morgan fingerprint density at radius 2 is 1.93 bits per heavy atom. The molecule has 1 amide bonds. The number of pyridine rings is 1. The molecule has 0 spiro atoms. The van der Waals surface area contributed by atoms with Crippen LogP contribution in [0.3, 0.4) is 0 Å². The second-order valence-corrected chi connectivity index (χ2v) is 7.16. The van der Waals surface area contributed by atoms with Gasteiger partial charge in [-0.25, -0.2) is 4.98 Å². The highest BCUT2D eigenvalue weighted by Gasteiger charge is 2.21. The number of anilines is 1. The number of fused-ring (bicyclic) bond motifs is 1.